The molecule has 5 heteroatoms. The molecule has 0 bridgehead atoms. The zero-order valence-electron chi connectivity index (χ0n) is 19.8. The zero-order valence-corrected chi connectivity index (χ0v) is 19.8. The lowest BCUT2D eigenvalue weighted by atomic mass is 10.1. The third-order valence-corrected chi connectivity index (χ3v) is 6.62. The van der Waals surface area contributed by atoms with E-state index in [4.69, 9.17) is 4.98 Å². The molecular weight excluding hydrogens is 411 g/mol. The van der Waals surface area contributed by atoms with E-state index in [-0.39, 0.29) is 5.82 Å². The van der Waals surface area contributed by atoms with Gasteiger partial charge in [0, 0.05) is 19.3 Å². The molecule has 1 aliphatic carbocycles. The Morgan fingerprint density at radius 3 is 2.36 bits per heavy atom. The molecule has 0 spiro atoms. The predicted octanol–water partition coefficient (Wildman–Crippen LogP) is 6.95. The van der Waals surface area contributed by atoms with Crippen molar-refractivity contribution in [2.75, 3.05) is 10.6 Å². The van der Waals surface area contributed by atoms with Gasteiger partial charge in [-0.05, 0) is 86.4 Å². The van der Waals surface area contributed by atoms with E-state index in [1.807, 2.05) is 12.1 Å². The Morgan fingerprint density at radius 1 is 1.00 bits per heavy atom. The van der Waals surface area contributed by atoms with Crippen LogP contribution in [0.2, 0.25) is 0 Å². The average Bonchev–Trinajstić information content (AvgIpc) is 3.53. The number of nitrogens with zero attached hydrogens (tertiary/aromatic N) is 2. The van der Waals surface area contributed by atoms with E-state index in [0.29, 0.717) is 6.54 Å². The van der Waals surface area contributed by atoms with Crippen LogP contribution in [0.25, 0.3) is 11.0 Å². The molecule has 1 saturated carbocycles. The quantitative estimate of drug-likeness (QED) is 0.325. The maximum absolute atomic E-state index is 13.3. The Bertz CT molecular complexity index is 1290. The third kappa shape index (κ3) is 4.45. The summed E-state index contributed by atoms with van der Waals surface area (Å²) in [6.45, 7) is 7.03. The van der Waals surface area contributed by atoms with Crippen molar-refractivity contribution >= 4 is 28.4 Å². The number of rotatable bonds is 7. The van der Waals surface area contributed by atoms with E-state index in [1.165, 1.54) is 47.2 Å². The van der Waals surface area contributed by atoms with Crippen molar-refractivity contribution < 1.29 is 4.39 Å². The summed E-state index contributed by atoms with van der Waals surface area (Å²) in [5.74, 6) is 1.41. The van der Waals surface area contributed by atoms with Crippen LogP contribution in [0, 0.1) is 32.5 Å². The SMILES string of the molecule is Cc1cc(C)c(Nc2nc3c(CC4CC4)ccc(NCc4ccc(F)cc4)c3n2C)c(C)c1. The Morgan fingerprint density at radius 2 is 1.70 bits per heavy atom. The molecule has 0 atom stereocenters. The highest BCUT2D eigenvalue weighted by atomic mass is 19.1. The largest absolute Gasteiger partial charge is 0.379 e. The molecular formula is C28H31FN4. The Labute approximate surface area is 194 Å². The highest BCUT2D eigenvalue weighted by molar-refractivity contribution is 5.93. The van der Waals surface area contributed by atoms with Gasteiger partial charge in [0.15, 0.2) is 0 Å². The molecule has 0 radical (unpaired) electrons. The first-order chi connectivity index (χ1) is 15.9. The summed E-state index contributed by atoms with van der Waals surface area (Å²) in [6, 6.07) is 15.4. The fraction of sp³-hybridized carbons (Fsp3) is 0.321. The number of aromatic nitrogens is 2. The van der Waals surface area contributed by atoms with Gasteiger partial charge in [0.2, 0.25) is 5.95 Å². The monoisotopic (exact) mass is 442 g/mol. The number of hydrogen-bond acceptors (Lipinski definition) is 3. The molecule has 1 aromatic heterocycles. The van der Waals surface area contributed by atoms with E-state index in [1.54, 1.807) is 0 Å². The van der Waals surface area contributed by atoms with Crippen LogP contribution in [0.5, 0.6) is 0 Å². The molecule has 0 amide bonds. The highest BCUT2D eigenvalue weighted by Gasteiger charge is 2.24. The van der Waals surface area contributed by atoms with Crippen molar-refractivity contribution in [3.8, 4) is 0 Å². The molecule has 1 heterocycles. The number of benzene rings is 3. The Hall–Kier alpha value is -3.34. The van der Waals surface area contributed by atoms with E-state index in [0.717, 1.165) is 46.3 Å². The van der Waals surface area contributed by atoms with Crippen molar-refractivity contribution in [3.63, 3.8) is 0 Å². The van der Waals surface area contributed by atoms with Gasteiger partial charge in [-0.15, -0.1) is 0 Å². The molecule has 0 aliphatic heterocycles. The highest BCUT2D eigenvalue weighted by Crippen LogP contribution is 2.37. The number of aryl methyl sites for hydroxylation is 4. The van der Waals surface area contributed by atoms with Gasteiger partial charge in [-0.2, -0.15) is 0 Å². The van der Waals surface area contributed by atoms with Gasteiger partial charge in [-0.1, -0.05) is 35.9 Å². The van der Waals surface area contributed by atoms with Crippen molar-refractivity contribution in [2.45, 2.75) is 46.6 Å². The van der Waals surface area contributed by atoms with Crippen LogP contribution >= 0.6 is 0 Å². The van der Waals surface area contributed by atoms with E-state index < -0.39 is 0 Å². The van der Waals surface area contributed by atoms with Gasteiger partial charge in [0.1, 0.15) is 5.82 Å². The second kappa shape index (κ2) is 8.54. The number of imidazole rings is 1. The lowest BCUT2D eigenvalue weighted by molar-refractivity contribution is 0.627. The number of halogens is 1. The smallest absolute Gasteiger partial charge is 0.208 e. The third-order valence-electron chi connectivity index (χ3n) is 6.62. The summed E-state index contributed by atoms with van der Waals surface area (Å²) in [7, 11) is 2.07. The van der Waals surface area contributed by atoms with Crippen LogP contribution in [0.3, 0.4) is 0 Å². The summed E-state index contributed by atoms with van der Waals surface area (Å²) >= 11 is 0. The lowest BCUT2D eigenvalue weighted by Gasteiger charge is -2.14. The minimum absolute atomic E-state index is 0.213. The maximum atomic E-state index is 13.3. The van der Waals surface area contributed by atoms with Crippen LogP contribution in [0.15, 0.2) is 48.5 Å². The maximum Gasteiger partial charge on any atom is 0.208 e. The zero-order chi connectivity index (χ0) is 23.1. The fourth-order valence-corrected chi connectivity index (χ4v) is 4.71. The van der Waals surface area contributed by atoms with E-state index in [2.05, 4.69) is 67.3 Å². The Balaban J connectivity index is 1.53. The van der Waals surface area contributed by atoms with Gasteiger partial charge >= 0.3 is 0 Å². The standard InChI is InChI=1S/C28H31FN4/c1-17-13-18(2)25(19(3)14-17)31-28-32-26-22(15-20-5-6-20)9-12-24(27(26)33(28)4)30-16-21-7-10-23(29)11-8-21/h7-14,20,30H,5-6,15-16H2,1-4H3,(H,31,32). The summed E-state index contributed by atoms with van der Waals surface area (Å²) < 4.78 is 15.4. The van der Waals surface area contributed by atoms with Crippen LogP contribution < -0.4 is 10.6 Å². The molecule has 4 aromatic rings. The summed E-state index contributed by atoms with van der Waals surface area (Å²) in [5, 5.41) is 7.17. The summed E-state index contributed by atoms with van der Waals surface area (Å²) in [5.41, 5.74) is 10.3. The first-order valence-corrected chi connectivity index (χ1v) is 11.7. The first kappa shape index (κ1) is 21.5. The van der Waals surface area contributed by atoms with Crippen LogP contribution in [-0.4, -0.2) is 9.55 Å². The minimum atomic E-state index is -0.213. The van der Waals surface area contributed by atoms with Crippen LogP contribution in [0.4, 0.5) is 21.7 Å². The van der Waals surface area contributed by atoms with Crippen LogP contribution in [-0.2, 0) is 20.0 Å². The Kier molecular flexibility index (Phi) is 5.57. The number of anilines is 3. The molecule has 1 aliphatic rings. The molecule has 1 fully saturated rings. The second-order valence-corrected chi connectivity index (χ2v) is 9.49. The molecule has 0 saturated heterocycles. The van der Waals surface area contributed by atoms with E-state index >= 15 is 0 Å². The number of nitrogens with one attached hydrogen (secondary N) is 2. The normalized spacial score (nSPS) is 13.5. The van der Waals surface area contributed by atoms with Crippen molar-refractivity contribution in [3.05, 3.63) is 82.2 Å². The number of hydrogen-bond donors (Lipinski definition) is 2. The molecule has 0 unspecified atom stereocenters. The summed E-state index contributed by atoms with van der Waals surface area (Å²) in [6.07, 6.45) is 3.70. The van der Waals surface area contributed by atoms with Crippen molar-refractivity contribution in [1.82, 2.24) is 9.55 Å². The molecule has 5 rings (SSSR count). The molecule has 170 valence electrons. The fourth-order valence-electron chi connectivity index (χ4n) is 4.71. The molecule has 33 heavy (non-hydrogen) atoms. The van der Waals surface area contributed by atoms with Gasteiger partial charge in [0.25, 0.3) is 0 Å². The average molecular weight is 443 g/mol. The topological polar surface area (TPSA) is 41.9 Å². The van der Waals surface area contributed by atoms with E-state index in [9.17, 15) is 4.39 Å². The predicted molar refractivity (Wildman–Crippen MR) is 135 cm³/mol. The number of fused-ring (bicyclic) bond motifs is 1. The van der Waals surface area contributed by atoms with Gasteiger partial charge in [-0.3, -0.25) is 0 Å². The second-order valence-electron chi connectivity index (χ2n) is 9.49. The van der Waals surface area contributed by atoms with Gasteiger partial charge < -0.3 is 15.2 Å². The van der Waals surface area contributed by atoms with Gasteiger partial charge in [0.05, 0.1) is 16.7 Å². The van der Waals surface area contributed by atoms with Crippen LogP contribution in [0.1, 0.15) is 40.7 Å². The molecule has 2 N–H and O–H groups in total. The first-order valence-electron chi connectivity index (χ1n) is 11.7. The lowest BCUT2D eigenvalue weighted by Crippen LogP contribution is -2.05. The van der Waals surface area contributed by atoms with Gasteiger partial charge in [-0.25, -0.2) is 9.37 Å². The molecule has 3 aromatic carbocycles. The minimum Gasteiger partial charge on any atom is -0.379 e. The van der Waals surface area contributed by atoms with Crippen molar-refractivity contribution in [1.29, 1.82) is 0 Å². The summed E-state index contributed by atoms with van der Waals surface area (Å²) in [4.78, 5) is 5.08. The molecule has 4 nitrogen and oxygen atoms in total. The van der Waals surface area contributed by atoms with Crippen molar-refractivity contribution in [2.24, 2.45) is 13.0 Å².